The second-order valence-corrected chi connectivity index (χ2v) is 5.95. The molecule has 0 spiro atoms. The molecular weight excluding hydrogens is 294 g/mol. The third kappa shape index (κ3) is 5.36. The molecule has 118 valence electrons. The van der Waals surface area contributed by atoms with Crippen LogP contribution in [-0.4, -0.2) is 30.5 Å². The highest BCUT2D eigenvalue weighted by Crippen LogP contribution is 2.18. The first-order chi connectivity index (χ1) is 10.7. The van der Waals surface area contributed by atoms with Crippen LogP contribution < -0.4 is 4.74 Å². The van der Waals surface area contributed by atoms with Crippen molar-refractivity contribution in [2.24, 2.45) is 0 Å². The zero-order chi connectivity index (χ0) is 15.8. The fourth-order valence-electron chi connectivity index (χ4n) is 2.48. The van der Waals surface area contributed by atoms with Gasteiger partial charge in [-0.2, -0.15) is 0 Å². The van der Waals surface area contributed by atoms with Crippen molar-refractivity contribution in [3.05, 3.63) is 65.2 Å². The van der Waals surface area contributed by atoms with E-state index in [1.807, 2.05) is 12.1 Å². The summed E-state index contributed by atoms with van der Waals surface area (Å²) >= 11 is 5.92. The van der Waals surface area contributed by atoms with E-state index in [1.165, 1.54) is 16.7 Å². The van der Waals surface area contributed by atoms with Gasteiger partial charge in [-0.15, -0.1) is 11.6 Å². The summed E-state index contributed by atoms with van der Waals surface area (Å²) in [6.07, 6.45) is 0. The Kier molecular flexibility index (Phi) is 6.75. The van der Waals surface area contributed by atoms with Crippen molar-refractivity contribution in [2.45, 2.75) is 20.4 Å². The number of rotatable bonds is 8. The van der Waals surface area contributed by atoms with Crippen LogP contribution >= 0.6 is 11.6 Å². The van der Waals surface area contributed by atoms with Crippen LogP contribution in [0.15, 0.2) is 48.5 Å². The van der Waals surface area contributed by atoms with Crippen molar-refractivity contribution in [3.8, 4) is 5.75 Å². The Bertz CT molecular complexity index is 571. The molecule has 0 heterocycles. The van der Waals surface area contributed by atoms with Crippen LogP contribution in [0.4, 0.5) is 0 Å². The number of aryl methyl sites for hydroxylation is 2. The van der Waals surface area contributed by atoms with Crippen molar-refractivity contribution in [1.82, 2.24) is 4.90 Å². The summed E-state index contributed by atoms with van der Waals surface area (Å²) in [4.78, 5) is 2.33. The van der Waals surface area contributed by atoms with Crippen LogP contribution in [0.3, 0.4) is 0 Å². The minimum Gasteiger partial charge on any atom is -0.492 e. The van der Waals surface area contributed by atoms with Gasteiger partial charge >= 0.3 is 0 Å². The van der Waals surface area contributed by atoms with Gasteiger partial charge in [0.2, 0.25) is 0 Å². The van der Waals surface area contributed by atoms with Crippen LogP contribution in [0.25, 0.3) is 0 Å². The lowest BCUT2D eigenvalue weighted by Crippen LogP contribution is -2.30. The van der Waals surface area contributed by atoms with Crippen LogP contribution in [0.5, 0.6) is 5.75 Å². The second-order valence-electron chi connectivity index (χ2n) is 5.57. The SMILES string of the molecule is Cc1ccc(OCCN(CCCl)Cc2ccccc2)c(C)c1. The molecule has 0 unspecified atom stereocenters. The average Bonchev–Trinajstić information content (AvgIpc) is 2.50. The minimum atomic E-state index is 0.635. The maximum atomic E-state index is 5.92. The first kappa shape index (κ1) is 16.9. The Morgan fingerprint density at radius 2 is 1.77 bits per heavy atom. The molecule has 2 aromatic carbocycles. The van der Waals surface area contributed by atoms with E-state index in [0.29, 0.717) is 12.5 Å². The van der Waals surface area contributed by atoms with E-state index in [9.17, 15) is 0 Å². The maximum absolute atomic E-state index is 5.92. The fraction of sp³-hybridized carbons (Fsp3) is 0.368. The molecule has 0 aliphatic heterocycles. The van der Waals surface area contributed by atoms with Gasteiger partial charge in [0, 0.05) is 25.5 Å². The number of halogens is 1. The Morgan fingerprint density at radius 3 is 2.45 bits per heavy atom. The number of alkyl halides is 1. The summed E-state index contributed by atoms with van der Waals surface area (Å²) in [5.74, 6) is 1.60. The standard InChI is InChI=1S/C19H24ClNO/c1-16-8-9-19(17(2)14-16)22-13-12-21(11-10-20)15-18-6-4-3-5-7-18/h3-9,14H,10-13,15H2,1-2H3. The lowest BCUT2D eigenvalue weighted by molar-refractivity contribution is 0.210. The van der Waals surface area contributed by atoms with Gasteiger partial charge in [-0.3, -0.25) is 4.90 Å². The summed E-state index contributed by atoms with van der Waals surface area (Å²) in [7, 11) is 0. The molecule has 0 saturated carbocycles. The predicted octanol–water partition coefficient (Wildman–Crippen LogP) is 4.42. The lowest BCUT2D eigenvalue weighted by atomic mass is 10.1. The number of benzene rings is 2. The number of ether oxygens (including phenoxy) is 1. The van der Waals surface area contributed by atoms with E-state index in [0.717, 1.165) is 25.4 Å². The molecule has 0 aromatic heterocycles. The highest BCUT2D eigenvalue weighted by atomic mass is 35.5. The van der Waals surface area contributed by atoms with E-state index in [-0.39, 0.29) is 0 Å². The third-order valence-corrected chi connectivity index (χ3v) is 3.81. The first-order valence-electron chi connectivity index (χ1n) is 7.71. The average molecular weight is 318 g/mol. The van der Waals surface area contributed by atoms with E-state index >= 15 is 0 Å². The summed E-state index contributed by atoms with van der Waals surface area (Å²) in [5, 5.41) is 0. The Labute approximate surface area is 138 Å². The zero-order valence-electron chi connectivity index (χ0n) is 13.4. The molecule has 22 heavy (non-hydrogen) atoms. The molecule has 0 N–H and O–H groups in total. The van der Waals surface area contributed by atoms with E-state index in [4.69, 9.17) is 16.3 Å². The monoisotopic (exact) mass is 317 g/mol. The van der Waals surface area contributed by atoms with E-state index in [2.05, 4.69) is 55.1 Å². The molecule has 0 bridgehead atoms. The molecule has 0 amide bonds. The summed E-state index contributed by atoms with van der Waals surface area (Å²) < 4.78 is 5.92. The van der Waals surface area contributed by atoms with Gasteiger partial charge in [-0.05, 0) is 31.0 Å². The molecule has 3 heteroatoms. The second kappa shape index (κ2) is 8.82. The van der Waals surface area contributed by atoms with Gasteiger partial charge < -0.3 is 4.74 Å². The smallest absolute Gasteiger partial charge is 0.122 e. The number of nitrogens with zero attached hydrogens (tertiary/aromatic N) is 1. The van der Waals surface area contributed by atoms with Crippen LogP contribution in [0.2, 0.25) is 0 Å². The molecule has 0 fully saturated rings. The van der Waals surface area contributed by atoms with Gasteiger partial charge in [0.1, 0.15) is 12.4 Å². The van der Waals surface area contributed by atoms with Crippen molar-refractivity contribution in [3.63, 3.8) is 0 Å². The molecule has 2 rings (SSSR count). The Hall–Kier alpha value is -1.51. The number of hydrogen-bond donors (Lipinski definition) is 0. The summed E-state index contributed by atoms with van der Waals surface area (Å²) in [6, 6.07) is 16.8. The predicted molar refractivity (Wildman–Crippen MR) is 93.9 cm³/mol. The van der Waals surface area contributed by atoms with Gasteiger partial charge in [0.25, 0.3) is 0 Å². The van der Waals surface area contributed by atoms with Crippen LogP contribution in [0.1, 0.15) is 16.7 Å². The minimum absolute atomic E-state index is 0.635. The number of hydrogen-bond acceptors (Lipinski definition) is 2. The van der Waals surface area contributed by atoms with Gasteiger partial charge in [-0.1, -0.05) is 48.0 Å². The van der Waals surface area contributed by atoms with E-state index in [1.54, 1.807) is 0 Å². The molecule has 2 nitrogen and oxygen atoms in total. The fourth-order valence-corrected chi connectivity index (χ4v) is 2.72. The van der Waals surface area contributed by atoms with Gasteiger partial charge in [-0.25, -0.2) is 0 Å². The summed E-state index contributed by atoms with van der Waals surface area (Å²) in [6.45, 7) is 7.50. The topological polar surface area (TPSA) is 12.5 Å². The molecule has 0 aliphatic carbocycles. The maximum Gasteiger partial charge on any atom is 0.122 e. The zero-order valence-corrected chi connectivity index (χ0v) is 14.1. The van der Waals surface area contributed by atoms with Gasteiger partial charge in [0.15, 0.2) is 0 Å². The summed E-state index contributed by atoms with van der Waals surface area (Å²) in [5.41, 5.74) is 3.75. The third-order valence-electron chi connectivity index (χ3n) is 3.65. The molecule has 2 aromatic rings. The molecule has 0 radical (unpaired) electrons. The Balaban J connectivity index is 1.86. The van der Waals surface area contributed by atoms with E-state index < -0.39 is 0 Å². The first-order valence-corrected chi connectivity index (χ1v) is 8.25. The molecule has 0 atom stereocenters. The van der Waals surface area contributed by atoms with Crippen LogP contribution in [-0.2, 0) is 6.54 Å². The normalized spacial score (nSPS) is 10.9. The van der Waals surface area contributed by atoms with Crippen molar-refractivity contribution in [1.29, 1.82) is 0 Å². The Morgan fingerprint density at radius 1 is 1.00 bits per heavy atom. The quantitative estimate of drug-likeness (QED) is 0.668. The highest BCUT2D eigenvalue weighted by molar-refractivity contribution is 6.18. The van der Waals surface area contributed by atoms with Crippen molar-refractivity contribution < 1.29 is 4.74 Å². The van der Waals surface area contributed by atoms with Crippen LogP contribution in [0, 0.1) is 13.8 Å². The molecule has 0 saturated heterocycles. The molecular formula is C19H24ClNO. The molecule has 0 aliphatic rings. The lowest BCUT2D eigenvalue weighted by Gasteiger charge is -2.21. The van der Waals surface area contributed by atoms with Crippen molar-refractivity contribution >= 4 is 11.6 Å². The van der Waals surface area contributed by atoms with Gasteiger partial charge in [0.05, 0.1) is 0 Å². The largest absolute Gasteiger partial charge is 0.492 e. The van der Waals surface area contributed by atoms with Crippen molar-refractivity contribution in [2.75, 3.05) is 25.6 Å². The highest BCUT2D eigenvalue weighted by Gasteiger charge is 2.06.